The van der Waals surface area contributed by atoms with Gasteiger partial charge in [-0.15, -0.1) is 0 Å². The number of hydrogen-bond donors (Lipinski definition) is 1. The number of imidazole rings is 1. The Kier molecular flexibility index (Phi) is 4.25. The summed E-state index contributed by atoms with van der Waals surface area (Å²) in [6.45, 7) is 2.58. The highest BCUT2D eigenvalue weighted by molar-refractivity contribution is 5.90. The van der Waals surface area contributed by atoms with Gasteiger partial charge in [-0.05, 0) is 25.8 Å². The van der Waals surface area contributed by atoms with Crippen molar-refractivity contribution < 1.29 is 18.0 Å². The first-order chi connectivity index (χ1) is 11.3. The van der Waals surface area contributed by atoms with Crippen LogP contribution in [0.4, 0.5) is 13.2 Å². The number of alkyl halides is 3. The van der Waals surface area contributed by atoms with Crippen LogP contribution in [0.2, 0.25) is 0 Å². The number of H-pyrrole nitrogens is 1. The van der Waals surface area contributed by atoms with Gasteiger partial charge < -0.3 is 9.88 Å². The van der Waals surface area contributed by atoms with Gasteiger partial charge in [-0.25, -0.2) is 15.0 Å². The summed E-state index contributed by atoms with van der Waals surface area (Å²) in [5, 5.41) is 0. The van der Waals surface area contributed by atoms with Crippen molar-refractivity contribution in [1.29, 1.82) is 0 Å². The molecule has 0 bridgehead atoms. The van der Waals surface area contributed by atoms with Crippen molar-refractivity contribution in [3.8, 4) is 0 Å². The van der Waals surface area contributed by atoms with E-state index in [1.807, 2.05) is 0 Å². The second kappa shape index (κ2) is 6.21. The van der Waals surface area contributed by atoms with Gasteiger partial charge in [0.2, 0.25) is 5.82 Å². The van der Waals surface area contributed by atoms with E-state index in [1.165, 1.54) is 6.20 Å². The van der Waals surface area contributed by atoms with E-state index in [2.05, 4.69) is 19.9 Å². The number of aryl methyl sites for hydroxylation is 1. The Morgan fingerprint density at radius 3 is 2.83 bits per heavy atom. The van der Waals surface area contributed by atoms with Crippen molar-refractivity contribution in [1.82, 2.24) is 24.8 Å². The van der Waals surface area contributed by atoms with Gasteiger partial charge in [-0.3, -0.25) is 4.79 Å². The van der Waals surface area contributed by atoms with Crippen LogP contribution in [-0.2, 0) is 6.18 Å². The molecule has 24 heavy (non-hydrogen) atoms. The van der Waals surface area contributed by atoms with Crippen LogP contribution in [0.5, 0.6) is 0 Å². The Morgan fingerprint density at radius 1 is 1.38 bits per heavy atom. The van der Waals surface area contributed by atoms with Gasteiger partial charge in [0.15, 0.2) is 0 Å². The number of carbonyl (C=O) groups excluding carboxylic acids is 1. The van der Waals surface area contributed by atoms with E-state index in [0.29, 0.717) is 31.6 Å². The molecule has 1 atom stereocenters. The molecule has 1 aliphatic heterocycles. The third kappa shape index (κ3) is 3.39. The molecule has 0 aliphatic carbocycles. The summed E-state index contributed by atoms with van der Waals surface area (Å²) < 4.78 is 38.0. The second-order valence-electron chi connectivity index (χ2n) is 5.79. The minimum atomic E-state index is -4.45. The fourth-order valence-corrected chi connectivity index (χ4v) is 2.77. The maximum Gasteiger partial charge on any atom is 0.432 e. The molecule has 3 heterocycles. The molecule has 0 aromatic carbocycles. The van der Waals surface area contributed by atoms with Crippen molar-refractivity contribution in [3.05, 3.63) is 41.5 Å². The third-order valence-corrected chi connectivity index (χ3v) is 3.98. The molecule has 1 saturated heterocycles. The number of carbonyl (C=O) groups is 1. The predicted octanol–water partition coefficient (Wildman–Crippen LogP) is 2.55. The molecule has 9 heteroatoms. The van der Waals surface area contributed by atoms with E-state index in [1.54, 1.807) is 17.9 Å². The Bertz CT molecular complexity index is 743. The number of halogens is 3. The van der Waals surface area contributed by atoms with E-state index >= 15 is 0 Å². The fourth-order valence-electron chi connectivity index (χ4n) is 2.77. The van der Waals surface area contributed by atoms with E-state index < -0.39 is 11.9 Å². The van der Waals surface area contributed by atoms with E-state index in [-0.39, 0.29) is 23.5 Å². The summed E-state index contributed by atoms with van der Waals surface area (Å²) in [5.74, 6) is -0.217. The highest BCUT2D eigenvalue weighted by atomic mass is 19.4. The topological polar surface area (TPSA) is 74.8 Å². The first-order valence-electron chi connectivity index (χ1n) is 7.55. The minimum absolute atomic E-state index is 0.103. The van der Waals surface area contributed by atoms with Crippen LogP contribution in [0.3, 0.4) is 0 Å². The summed E-state index contributed by atoms with van der Waals surface area (Å²) in [5.41, 5.74) is -0.189. The molecule has 2 aromatic heterocycles. The molecule has 0 saturated carbocycles. The normalized spacial score (nSPS) is 18.7. The van der Waals surface area contributed by atoms with Gasteiger partial charge in [-0.1, -0.05) is 0 Å². The molecule has 2 aromatic rings. The van der Waals surface area contributed by atoms with Crippen LogP contribution in [0.1, 0.15) is 46.6 Å². The van der Waals surface area contributed by atoms with Crippen LogP contribution in [0.25, 0.3) is 0 Å². The second-order valence-corrected chi connectivity index (χ2v) is 5.79. The molecule has 1 unspecified atom stereocenters. The summed E-state index contributed by atoms with van der Waals surface area (Å²) in [6, 6.07) is 1.69. The van der Waals surface area contributed by atoms with Crippen molar-refractivity contribution in [2.24, 2.45) is 0 Å². The van der Waals surface area contributed by atoms with Crippen molar-refractivity contribution in [2.45, 2.75) is 31.9 Å². The number of amides is 1. The zero-order valence-electron chi connectivity index (χ0n) is 13.0. The maximum atomic E-state index is 12.7. The van der Waals surface area contributed by atoms with Gasteiger partial charge in [-0.2, -0.15) is 13.2 Å². The van der Waals surface area contributed by atoms with Gasteiger partial charge in [0.1, 0.15) is 11.5 Å². The monoisotopic (exact) mass is 339 g/mol. The van der Waals surface area contributed by atoms with E-state index in [0.717, 1.165) is 6.20 Å². The average Bonchev–Trinajstić information content (AvgIpc) is 3.04. The summed E-state index contributed by atoms with van der Waals surface area (Å²) in [4.78, 5) is 28.3. The zero-order chi connectivity index (χ0) is 17.3. The minimum Gasteiger partial charge on any atom is -0.338 e. The largest absolute Gasteiger partial charge is 0.432 e. The lowest BCUT2D eigenvalue weighted by Crippen LogP contribution is -2.40. The summed E-state index contributed by atoms with van der Waals surface area (Å²) >= 11 is 0. The molecule has 1 aliphatic rings. The quantitative estimate of drug-likeness (QED) is 0.912. The smallest absolute Gasteiger partial charge is 0.338 e. The lowest BCUT2D eigenvalue weighted by atomic mass is 9.97. The number of rotatable bonds is 2. The molecule has 0 spiro atoms. The van der Waals surface area contributed by atoms with E-state index in [4.69, 9.17) is 0 Å². The lowest BCUT2D eigenvalue weighted by molar-refractivity contribution is -0.141. The zero-order valence-corrected chi connectivity index (χ0v) is 13.0. The van der Waals surface area contributed by atoms with Gasteiger partial charge in [0.05, 0.1) is 6.20 Å². The van der Waals surface area contributed by atoms with E-state index in [9.17, 15) is 18.0 Å². The number of hydrogen-bond acceptors (Lipinski definition) is 4. The fraction of sp³-hybridized carbons (Fsp3) is 0.467. The van der Waals surface area contributed by atoms with Crippen LogP contribution < -0.4 is 0 Å². The van der Waals surface area contributed by atoms with Crippen molar-refractivity contribution in [3.63, 3.8) is 0 Å². The van der Waals surface area contributed by atoms with Crippen LogP contribution in [0, 0.1) is 6.92 Å². The number of nitrogens with one attached hydrogen (secondary N) is 1. The van der Waals surface area contributed by atoms with Crippen LogP contribution in [-0.4, -0.2) is 43.8 Å². The van der Waals surface area contributed by atoms with Gasteiger partial charge in [0, 0.05) is 30.9 Å². The number of piperidine rings is 1. The SMILES string of the molecule is Cc1ccnc(C(=O)N2CCCC(c3ncc(C(F)(F)F)[nH]3)C2)n1. The summed E-state index contributed by atoms with van der Waals surface area (Å²) in [7, 11) is 0. The Labute approximate surface area is 136 Å². The maximum absolute atomic E-state index is 12.7. The summed E-state index contributed by atoms with van der Waals surface area (Å²) in [6.07, 6.45) is -0.794. The molecule has 1 N–H and O–H groups in total. The highest BCUT2D eigenvalue weighted by Crippen LogP contribution is 2.31. The molecule has 1 fully saturated rings. The average molecular weight is 339 g/mol. The number of aromatic amines is 1. The van der Waals surface area contributed by atoms with Crippen LogP contribution in [0.15, 0.2) is 18.5 Å². The highest BCUT2D eigenvalue weighted by Gasteiger charge is 2.35. The Balaban J connectivity index is 1.75. The van der Waals surface area contributed by atoms with Gasteiger partial charge >= 0.3 is 6.18 Å². The van der Waals surface area contributed by atoms with Crippen LogP contribution >= 0.6 is 0 Å². The first kappa shape index (κ1) is 16.4. The molecule has 0 radical (unpaired) electrons. The van der Waals surface area contributed by atoms with Crippen molar-refractivity contribution in [2.75, 3.05) is 13.1 Å². The molecule has 6 nitrogen and oxygen atoms in total. The third-order valence-electron chi connectivity index (χ3n) is 3.98. The number of nitrogens with zero attached hydrogens (tertiary/aromatic N) is 4. The number of likely N-dealkylation sites (tertiary alicyclic amines) is 1. The Hall–Kier alpha value is -2.45. The standard InChI is InChI=1S/C15H16F3N5O/c1-9-4-5-19-13(21-9)14(24)23-6-2-3-10(8-23)12-20-7-11(22-12)15(16,17)18/h4-5,7,10H,2-3,6,8H2,1H3,(H,20,22). The predicted molar refractivity (Wildman–Crippen MR) is 78.2 cm³/mol. The molecular weight excluding hydrogens is 323 g/mol. The lowest BCUT2D eigenvalue weighted by Gasteiger charge is -2.31. The van der Waals surface area contributed by atoms with Crippen molar-refractivity contribution >= 4 is 5.91 Å². The molecule has 3 rings (SSSR count). The number of aromatic nitrogens is 4. The first-order valence-corrected chi connectivity index (χ1v) is 7.55. The molecule has 128 valence electrons. The Morgan fingerprint density at radius 2 is 2.17 bits per heavy atom. The molecular formula is C15H16F3N5O. The van der Waals surface area contributed by atoms with Gasteiger partial charge in [0.25, 0.3) is 5.91 Å². The molecule has 1 amide bonds.